The number of aliphatic carboxylic acids is 1. The molecule has 2 saturated heterocycles. The fourth-order valence-electron chi connectivity index (χ4n) is 7.41. The molecule has 1 aromatic heterocycles. The number of anilines is 1. The van der Waals surface area contributed by atoms with Gasteiger partial charge in [0.25, 0.3) is 0 Å². The Morgan fingerprint density at radius 3 is 2.49 bits per heavy atom. The number of halogens is 1. The predicted molar refractivity (Wildman–Crippen MR) is 151 cm³/mol. The average Bonchev–Trinajstić information content (AvgIpc) is 3.36. The van der Waals surface area contributed by atoms with Crippen molar-refractivity contribution < 1.29 is 14.3 Å². The SMILES string of the molecule is CCCN(c1ncccn1)C1CCN(C[C@H]2CN(C(C(=O)O)C3CCCCC3)C[C@@H]2c2cccc(F)c2)CC1. The van der Waals surface area contributed by atoms with Crippen LogP contribution < -0.4 is 4.90 Å². The number of carbonyl (C=O) groups is 1. The van der Waals surface area contributed by atoms with Crippen molar-refractivity contribution in [1.29, 1.82) is 0 Å². The monoisotopic (exact) mass is 537 g/mol. The molecule has 0 bridgehead atoms. The molecule has 1 unspecified atom stereocenters. The lowest BCUT2D eigenvalue weighted by molar-refractivity contribution is -0.145. The van der Waals surface area contributed by atoms with Gasteiger partial charge in [0.05, 0.1) is 0 Å². The highest BCUT2D eigenvalue weighted by atomic mass is 19.1. The van der Waals surface area contributed by atoms with Crippen molar-refractivity contribution in [1.82, 2.24) is 19.8 Å². The highest BCUT2D eigenvalue weighted by Gasteiger charge is 2.43. The number of hydrogen-bond acceptors (Lipinski definition) is 6. The molecule has 3 fully saturated rings. The van der Waals surface area contributed by atoms with Gasteiger partial charge in [0.1, 0.15) is 11.9 Å². The van der Waals surface area contributed by atoms with Crippen LogP contribution in [0.5, 0.6) is 0 Å². The fourth-order valence-corrected chi connectivity index (χ4v) is 7.41. The Morgan fingerprint density at radius 2 is 1.82 bits per heavy atom. The molecule has 0 radical (unpaired) electrons. The predicted octanol–water partition coefficient (Wildman–Crippen LogP) is 5.05. The van der Waals surface area contributed by atoms with Crippen LogP contribution in [-0.2, 0) is 4.79 Å². The van der Waals surface area contributed by atoms with Crippen molar-refractivity contribution in [3.8, 4) is 0 Å². The fraction of sp³-hybridized carbons (Fsp3) is 0.645. The van der Waals surface area contributed by atoms with Gasteiger partial charge >= 0.3 is 5.97 Å². The molecule has 212 valence electrons. The lowest BCUT2D eigenvalue weighted by Gasteiger charge is -2.39. The summed E-state index contributed by atoms with van der Waals surface area (Å²) in [7, 11) is 0. The van der Waals surface area contributed by atoms with Gasteiger partial charge in [-0.15, -0.1) is 0 Å². The highest BCUT2D eigenvalue weighted by molar-refractivity contribution is 5.74. The number of carboxylic acids is 1. The van der Waals surface area contributed by atoms with Gasteiger partial charge in [-0.1, -0.05) is 38.3 Å². The average molecular weight is 538 g/mol. The minimum Gasteiger partial charge on any atom is -0.480 e. The number of carboxylic acid groups (broad SMARTS) is 1. The molecular formula is C31H44FN5O2. The van der Waals surface area contributed by atoms with Crippen LogP contribution in [0.2, 0.25) is 0 Å². The molecule has 7 nitrogen and oxygen atoms in total. The largest absolute Gasteiger partial charge is 0.480 e. The van der Waals surface area contributed by atoms with Crippen molar-refractivity contribution in [3.05, 3.63) is 54.1 Å². The number of hydrogen-bond donors (Lipinski definition) is 1. The number of nitrogens with zero attached hydrogens (tertiary/aromatic N) is 5. The molecule has 3 heterocycles. The van der Waals surface area contributed by atoms with Gasteiger partial charge in [-0.05, 0) is 67.7 Å². The maximum atomic E-state index is 14.3. The Bertz CT molecular complexity index is 1060. The lowest BCUT2D eigenvalue weighted by Crippen LogP contribution is -2.48. The summed E-state index contributed by atoms with van der Waals surface area (Å²) >= 11 is 0. The van der Waals surface area contributed by atoms with E-state index in [-0.39, 0.29) is 23.6 Å². The zero-order valence-electron chi connectivity index (χ0n) is 23.3. The van der Waals surface area contributed by atoms with E-state index in [2.05, 4.69) is 31.6 Å². The maximum absolute atomic E-state index is 14.3. The third-order valence-corrected chi connectivity index (χ3v) is 9.25. The molecular weight excluding hydrogens is 493 g/mol. The first-order chi connectivity index (χ1) is 19.0. The van der Waals surface area contributed by atoms with E-state index in [1.54, 1.807) is 12.1 Å². The van der Waals surface area contributed by atoms with E-state index in [9.17, 15) is 14.3 Å². The smallest absolute Gasteiger partial charge is 0.321 e. The van der Waals surface area contributed by atoms with Crippen LogP contribution in [-0.4, -0.2) is 82.2 Å². The van der Waals surface area contributed by atoms with Gasteiger partial charge in [-0.3, -0.25) is 9.69 Å². The van der Waals surface area contributed by atoms with E-state index in [0.717, 1.165) is 89.2 Å². The van der Waals surface area contributed by atoms with Gasteiger partial charge in [0.2, 0.25) is 5.95 Å². The third kappa shape index (κ3) is 6.77. The summed E-state index contributed by atoms with van der Waals surface area (Å²) in [6.45, 7) is 7.50. The van der Waals surface area contributed by atoms with Gasteiger partial charge in [0.15, 0.2) is 0 Å². The van der Waals surface area contributed by atoms with E-state index < -0.39 is 12.0 Å². The lowest BCUT2D eigenvalue weighted by atomic mass is 9.83. The van der Waals surface area contributed by atoms with Crippen molar-refractivity contribution in [2.75, 3.05) is 44.2 Å². The zero-order chi connectivity index (χ0) is 27.2. The maximum Gasteiger partial charge on any atom is 0.321 e. The Kier molecular flexibility index (Phi) is 9.45. The van der Waals surface area contributed by atoms with E-state index in [1.807, 2.05) is 24.5 Å². The Balaban J connectivity index is 1.28. The number of rotatable bonds is 10. The van der Waals surface area contributed by atoms with E-state index in [4.69, 9.17) is 0 Å². The second-order valence-corrected chi connectivity index (χ2v) is 11.8. The summed E-state index contributed by atoms with van der Waals surface area (Å²) in [5.74, 6) is 0.532. The van der Waals surface area contributed by atoms with Gasteiger partial charge in [-0.25, -0.2) is 14.4 Å². The molecule has 0 amide bonds. The molecule has 39 heavy (non-hydrogen) atoms. The molecule has 2 aliphatic heterocycles. The van der Waals surface area contributed by atoms with Crippen LogP contribution in [0.25, 0.3) is 0 Å². The standard InChI is InChI=1S/C31H44FN5O2/c1-2-16-37(31-33-14-7-15-34-31)27-12-17-35(18-13-27)20-25-21-36(22-28(25)24-10-6-11-26(32)19-24)29(30(38)39)23-8-4-3-5-9-23/h6-7,10-11,14-15,19,23,25,27-29H,2-5,8-9,12-13,16-18,20-22H2,1H3,(H,38,39)/t25-,28+,29?/m0/s1. The van der Waals surface area contributed by atoms with Gasteiger partial charge in [-0.2, -0.15) is 0 Å². The summed E-state index contributed by atoms with van der Waals surface area (Å²) in [6.07, 6.45) is 12.2. The van der Waals surface area contributed by atoms with Crippen molar-refractivity contribution in [2.45, 2.75) is 76.3 Å². The van der Waals surface area contributed by atoms with E-state index in [0.29, 0.717) is 12.6 Å². The van der Waals surface area contributed by atoms with E-state index in [1.165, 1.54) is 12.5 Å². The summed E-state index contributed by atoms with van der Waals surface area (Å²) in [4.78, 5) is 28.7. The van der Waals surface area contributed by atoms with Crippen LogP contribution in [0.4, 0.5) is 10.3 Å². The van der Waals surface area contributed by atoms with Crippen molar-refractivity contribution in [3.63, 3.8) is 0 Å². The first-order valence-electron chi connectivity index (χ1n) is 15.0. The molecule has 1 saturated carbocycles. The third-order valence-electron chi connectivity index (χ3n) is 9.25. The molecule has 1 aromatic carbocycles. The summed E-state index contributed by atoms with van der Waals surface area (Å²) in [5, 5.41) is 10.3. The zero-order valence-corrected chi connectivity index (χ0v) is 23.3. The minimum atomic E-state index is -0.694. The second-order valence-electron chi connectivity index (χ2n) is 11.8. The summed E-state index contributed by atoms with van der Waals surface area (Å²) < 4.78 is 14.3. The molecule has 3 aliphatic rings. The molecule has 3 atom stereocenters. The van der Waals surface area contributed by atoms with E-state index >= 15 is 0 Å². The van der Waals surface area contributed by atoms with Crippen LogP contribution in [0.15, 0.2) is 42.7 Å². The first kappa shape index (κ1) is 28.0. The van der Waals surface area contributed by atoms with Gasteiger partial charge < -0.3 is 14.9 Å². The topological polar surface area (TPSA) is 72.8 Å². The van der Waals surface area contributed by atoms with Crippen molar-refractivity contribution >= 4 is 11.9 Å². The molecule has 1 aliphatic carbocycles. The quantitative estimate of drug-likeness (QED) is 0.455. The normalized spacial score (nSPS) is 24.6. The summed E-state index contributed by atoms with van der Waals surface area (Å²) in [6, 6.07) is 8.81. The number of benzene rings is 1. The number of aromatic nitrogens is 2. The highest BCUT2D eigenvalue weighted by Crippen LogP contribution is 2.39. The molecule has 5 rings (SSSR count). The molecule has 1 N–H and O–H groups in total. The molecule has 2 aromatic rings. The Labute approximate surface area is 232 Å². The second kappa shape index (κ2) is 13.2. The molecule has 0 spiro atoms. The Hall–Kier alpha value is -2.58. The molecule has 8 heteroatoms. The first-order valence-corrected chi connectivity index (χ1v) is 15.0. The summed E-state index contributed by atoms with van der Waals surface area (Å²) in [5.41, 5.74) is 1.00. The number of piperidine rings is 1. The Morgan fingerprint density at radius 1 is 1.08 bits per heavy atom. The van der Waals surface area contributed by atoms with Crippen LogP contribution in [0.3, 0.4) is 0 Å². The van der Waals surface area contributed by atoms with Gasteiger partial charge in [0, 0.05) is 63.6 Å². The number of likely N-dealkylation sites (tertiary alicyclic amines) is 2. The van der Waals surface area contributed by atoms with Crippen LogP contribution in [0, 0.1) is 17.7 Å². The minimum absolute atomic E-state index is 0.137. The van der Waals surface area contributed by atoms with Crippen LogP contribution in [0.1, 0.15) is 69.8 Å². The van der Waals surface area contributed by atoms with Crippen LogP contribution >= 0.6 is 0 Å². The van der Waals surface area contributed by atoms with Crippen molar-refractivity contribution in [2.24, 2.45) is 11.8 Å².